The lowest BCUT2D eigenvalue weighted by molar-refractivity contribution is -0.156. The van der Waals surface area contributed by atoms with Gasteiger partial charge >= 0.3 is 23.9 Å². The van der Waals surface area contributed by atoms with Crippen LogP contribution in [0.5, 0.6) is 0 Å². The van der Waals surface area contributed by atoms with Gasteiger partial charge in [0, 0.05) is 0 Å². The Hall–Kier alpha value is -1.89. The van der Waals surface area contributed by atoms with Gasteiger partial charge in [0.05, 0.1) is 66.0 Å². The number of methoxy groups -OCH3 is 3. The Labute approximate surface area is 253 Å². The molecule has 0 bridgehead atoms. The summed E-state index contributed by atoms with van der Waals surface area (Å²) in [6, 6.07) is 0. The van der Waals surface area contributed by atoms with Gasteiger partial charge in [0.1, 0.15) is 0 Å². The maximum Gasteiger partial charge on any atom is 0.335 e. The molecule has 250 valence electrons. The van der Waals surface area contributed by atoms with E-state index in [1.54, 1.807) is 0 Å². The Bertz CT molecular complexity index is 818. The third-order valence-electron chi connectivity index (χ3n) is 7.01. The van der Waals surface area contributed by atoms with Gasteiger partial charge in [0.15, 0.2) is 22.7 Å². The van der Waals surface area contributed by atoms with Crippen LogP contribution in [0.1, 0.15) is 60.8 Å². The Morgan fingerprint density at radius 1 is 0.714 bits per heavy atom. The normalized spacial score (nSPS) is 14.1. The quantitative estimate of drug-likeness (QED) is 0.130. The first kappa shape index (κ1) is 44.6. The number of hydrogen-bond donors (Lipinski definition) is 4. The van der Waals surface area contributed by atoms with Crippen LogP contribution in [0.2, 0.25) is 36.3 Å². The van der Waals surface area contributed by atoms with Crippen LogP contribution < -0.4 is 0 Å². The highest BCUT2D eigenvalue weighted by molar-refractivity contribution is 6.74. The number of aliphatic carboxylic acids is 1. The van der Waals surface area contributed by atoms with Crippen molar-refractivity contribution in [3.05, 3.63) is 0 Å². The topological polar surface area (TPSA) is 195 Å². The third kappa shape index (κ3) is 20.1. The first-order valence-electron chi connectivity index (χ1n) is 13.5. The monoisotopic (exact) mass is 644 g/mol. The average Bonchev–Trinajstić information content (AvgIpc) is 2.85. The molecule has 0 aromatic heterocycles. The molecule has 0 aliphatic carbocycles. The van der Waals surface area contributed by atoms with E-state index >= 15 is 0 Å². The van der Waals surface area contributed by atoms with Crippen LogP contribution in [0.25, 0.3) is 0 Å². The molecule has 0 aliphatic heterocycles. The fourth-order valence-corrected chi connectivity index (χ4v) is 4.62. The fourth-order valence-electron chi connectivity index (χ4n) is 2.24. The standard InChI is InChI=1S/C16H36O4Si2.C6H10O5.C5H10O4/c1-15(2,3)21(7,8)19-12-13(11-14(17)18)20-22(9,10)16(4,5)6;1-10-5(8)3-4(7)6(9)11-2;1-9-5(8)2-4(7)3-6/h13H,11-12H2,1-10H3,(H,17,18);4,7H,3H2,1-2H3;4,6-7H,2-3H2,1H3/t13-;2*4-/m111/s1. The second-order valence-electron chi connectivity index (χ2n) is 12.6. The van der Waals surface area contributed by atoms with Gasteiger partial charge in [-0.15, -0.1) is 0 Å². The Morgan fingerprint density at radius 2 is 1.14 bits per heavy atom. The van der Waals surface area contributed by atoms with Gasteiger partial charge in [-0.05, 0) is 36.3 Å². The molecule has 0 radical (unpaired) electrons. The van der Waals surface area contributed by atoms with Gasteiger partial charge in [-0.2, -0.15) is 0 Å². The molecule has 4 N–H and O–H groups in total. The number of carbonyl (C=O) groups excluding carboxylic acids is 3. The van der Waals surface area contributed by atoms with Crippen molar-refractivity contribution in [2.24, 2.45) is 0 Å². The summed E-state index contributed by atoms with van der Waals surface area (Å²) in [5.41, 5.74) is 0. The molecule has 0 saturated carbocycles. The summed E-state index contributed by atoms with van der Waals surface area (Å²) < 4.78 is 25.0. The maximum atomic E-state index is 11.2. The van der Waals surface area contributed by atoms with Crippen LogP contribution in [0, 0.1) is 0 Å². The number of hydrogen-bond acceptors (Lipinski definition) is 12. The zero-order chi connectivity index (χ0) is 34.1. The molecule has 0 saturated heterocycles. The van der Waals surface area contributed by atoms with E-state index in [9.17, 15) is 19.2 Å². The van der Waals surface area contributed by atoms with E-state index < -0.39 is 59.3 Å². The summed E-state index contributed by atoms with van der Waals surface area (Å²) in [6.07, 6.45) is -3.30. The molecule has 15 heteroatoms. The molecule has 0 amide bonds. The van der Waals surface area contributed by atoms with Gasteiger partial charge in [0.25, 0.3) is 0 Å². The minimum absolute atomic E-state index is 0.00112. The van der Waals surface area contributed by atoms with E-state index in [0.29, 0.717) is 6.61 Å². The summed E-state index contributed by atoms with van der Waals surface area (Å²) in [5.74, 6) is -2.84. The molecule has 0 fully saturated rings. The Kier molecular flexibility index (Phi) is 21.4. The minimum Gasteiger partial charge on any atom is -0.481 e. The number of carboxylic acid groups (broad SMARTS) is 1. The lowest BCUT2D eigenvalue weighted by atomic mass is 10.2. The molecule has 0 aliphatic rings. The van der Waals surface area contributed by atoms with Crippen LogP contribution in [0.15, 0.2) is 0 Å². The van der Waals surface area contributed by atoms with E-state index in [2.05, 4.69) is 81.9 Å². The number of carbonyl (C=O) groups is 4. The highest BCUT2D eigenvalue weighted by atomic mass is 28.4. The van der Waals surface area contributed by atoms with E-state index in [1.165, 1.54) is 14.2 Å². The molecule has 0 spiro atoms. The van der Waals surface area contributed by atoms with Crippen LogP contribution >= 0.6 is 0 Å². The summed E-state index contributed by atoms with van der Waals surface area (Å²) in [5, 5.41) is 35.0. The van der Waals surface area contributed by atoms with Gasteiger partial charge < -0.3 is 43.5 Å². The molecule has 3 atom stereocenters. The molecule has 0 unspecified atom stereocenters. The molecule has 42 heavy (non-hydrogen) atoms. The van der Waals surface area contributed by atoms with Crippen molar-refractivity contribution >= 4 is 40.5 Å². The van der Waals surface area contributed by atoms with Crippen LogP contribution in [-0.4, -0.2) is 114 Å². The summed E-state index contributed by atoms with van der Waals surface area (Å²) >= 11 is 0. The second kappa shape index (κ2) is 20.1. The smallest absolute Gasteiger partial charge is 0.335 e. The highest BCUT2D eigenvalue weighted by Gasteiger charge is 2.41. The number of ether oxygens (including phenoxy) is 3. The largest absolute Gasteiger partial charge is 0.481 e. The zero-order valence-corrected chi connectivity index (χ0v) is 29.7. The van der Waals surface area contributed by atoms with Crippen LogP contribution in [0.3, 0.4) is 0 Å². The van der Waals surface area contributed by atoms with Crippen molar-refractivity contribution in [1.82, 2.24) is 0 Å². The Balaban J connectivity index is -0.000000630. The predicted octanol–water partition coefficient (Wildman–Crippen LogP) is 2.86. The molecule has 0 rings (SSSR count). The lowest BCUT2D eigenvalue weighted by Crippen LogP contribution is -2.48. The van der Waals surface area contributed by atoms with Crippen molar-refractivity contribution in [2.75, 3.05) is 34.5 Å². The zero-order valence-electron chi connectivity index (χ0n) is 27.7. The van der Waals surface area contributed by atoms with Crippen LogP contribution in [0.4, 0.5) is 0 Å². The summed E-state index contributed by atoms with van der Waals surface area (Å²) in [4.78, 5) is 42.4. The van der Waals surface area contributed by atoms with Crippen molar-refractivity contribution in [3.63, 3.8) is 0 Å². The fraction of sp³-hybridized carbons (Fsp3) is 0.852. The van der Waals surface area contributed by atoms with Crippen molar-refractivity contribution in [2.45, 2.75) is 115 Å². The average molecular weight is 645 g/mol. The van der Waals surface area contributed by atoms with Crippen LogP contribution in [-0.2, 0) is 42.2 Å². The molecule has 0 aromatic rings. The van der Waals surface area contributed by atoms with Crippen molar-refractivity contribution < 1.29 is 62.7 Å². The van der Waals surface area contributed by atoms with Crippen molar-refractivity contribution in [1.29, 1.82) is 0 Å². The van der Waals surface area contributed by atoms with Gasteiger partial charge in [-0.25, -0.2) is 4.79 Å². The number of aliphatic hydroxyl groups excluding tert-OH is 3. The SMILES string of the molecule is CC(C)(C)[Si](C)(C)OC[C@@H](CC(=O)O)O[Si](C)(C)C(C)(C)C.COC(=O)C[C@@H](O)C(=O)OC.COC(=O)C[C@@H](O)CO. The molecular weight excluding hydrogens is 588 g/mol. The number of aliphatic hydroxyl groups is 3. The van der Waals surface area contributed by atoms with Gasteiger partial charge in [-0.3, -0.25) is 14.4 Å². The summed E-state index contributed by atoms with van der Waals surface area (Å²) in [6.45, 7) is 21.6. The predicted molar refractivity (Wildman–Crippen MR) is 162 cm³/mol. The minimum atomic E-state index is -2.00. The number of esters is 3. The van der Waals surface area contributed by atoms with E-state index in [4.69, 9.17) is 29.3 Å². The molecule has 0 heterocycles. The first-order chi connectivity index (χ1) is 18.8. The van der Waals surface area contributed by atoms with E-state index in [-0.39, 0.29) is 35.4 Å². The molecule has 13 nitrogen and oxygen atoms in total. The van der Waals surface area contributed by atoms with Gasteiger partial charge in [-0.1, -0.05) is 41.5 Å². The van der Waals surface area contributed by atoms with Crippen molar-refractivity contribution in [3.8, 4) is 0 Å². The Morgan fingerprint density at radius 3 is 1.48 bits per heavy atom. The van der Waals surface area contributed by atoms with E-state index in [0.717, 1.165) is 7.11 Å². The second-order valence-corrected chi connectivity index (χ2v) is 22.2. The van der Waals surface area contributed by atoms with E-state index in [1.807, 2.05) is 0 Å². The highest BCUT2D eigenvalue weighted by Crippen LogP contribution is 2.39. The molecular formula is C27H56O13Si2. The number of carboxylic acids is 1. The summed E-state index contributed by atoms with van der Waals surface area (Å²) in [7, 11) is -0.373. The lowest BCUT2D eigenvalue weighted by Gasteiger charge is -2.41. The van der Waals surface area contributed by atoms with Gasteiger partial charge in [0.2, 0.25) is 0 Å². The number of rotatable bonds is 13. The first-order valence-corrected chi connectivity index (χ1v) is 19.3. The molecule has 0 aromatic carbocycles. The third-order valence-corrected chi connectivity index (χ3v) is 16.0. The maximum absolute atomic E-state index is 11.2.